The molecule has 3 rings (SSSR count). The van der Waals surface area contributed by atoms with Crippen LogP contribution < -0.4 is 0 Å². The topological polar surface area (TPSA) is 54.5 Å². The van der Waals surface area contributed by atoms with Gasteiger partial charge >= 0.3 is 0 Å². The first-order valence-electron chi connectivity index (χ1n) is 7.02. The van der Waals surface area contributed by atoms with Crippen LogP contribution in [-0.4, -0.2) is 21.3 Å². The second-order valence-electron chi connectivity index (χ2n) is 4.78. The monoisotopic (exact) mass is 507 g/mol. The number of rotatable bonds is 3. The minimum absolute atomic E-state index is 0. The number of halogens is 2. The number of nitrogens with zero attached hydrogens (tertiary/aromatic N) is 3. The van der Waals surface area contributed by atoms with Gasteiger partial charge < -0.3 is 10.7 Å². The fourth-order valence-corrected chi connectivity index (χ4v) is 1.86. The van der Waals surface area contributed by atoms with Crippen molar-refractivity contribution in [2.24, 2.45) is 0 Å². The standard InChI is InChI=1S/C12H8F2N.C5H8N3.Ir/c1-8-4-5-15-12(6-8)10-3-2-9(13)7-11(10)14;6-2-5-8-4-1-3-7-8;/h2,4-7H,1H3;1,3-4,6H,2,5H2;/q2*-1;. The molecule has 1 aromatic carbocycles. The Labute approximate surface area is 153 Å². The van der Waals surface area contributed by atoms with Crippen molar-refractivity contribution in [1.82, 2.24) is 14.8 Å². The van der Waals surface area contributed by atoms with E-state index in [-0.39, 0.29) is 25.7 Å². The molecule has 0 aliphatic heterocycles. The second kappa shape index (κ2) is 10.0. The zero-order valence-electron chi connectivity index (χ0n) is 13.0. The van der Waals surface area contributed by atoms with E-state index in [9.17, 15) is 8.78 Å². The Bertz CT molecular complexity index is 748. The molecule has 7 heteroatoms. The molecule has 0 unspecified atom stereocenters. The molecule has 0 spiro atoms. The number of hydrogen-bond donors (Lipinski definition) is 0. The van der Waals surface area contributed by atoms with E-state index in [0.29, 0.717) is 18.8 Å². The van der Waals surface area contributed by atoms with Gasteiger partial charge in [0.1, 0.15) is 0 Å². The number of aromatic nitrogens is 3. The third-order valence-corrected chi connectivity index (χ3v) is 2.93. The first-order valence-corrected chi connectivity index (χ1v) is 7.02. The second-order valence-corrected chi connectivity index (χ2v) is 4.78. The minimum atomic E-state index is -0.645. The summed E-state index contributed by atoms with van der Waals surface area (Å²) in [5.41, 5.74) is 8.45. The number of hydrogen-bond acceptors (Lipinski definition) is 2. The smallest absolute Gasteiger partial charge is 0.0489 e. The number of benzene rings is 1. The van der Waals surface area contributed by atoms with Gasteiger partial charge in [0.05, 0.1) is 0 Å². The quantitative estimate of drug-likeness (QED) is 0.503. The molecular weight excluding hydrogens is 490 g/mol. The summed E-state index contributed by atoms with van der Waals surface area (Å²) in [7, 11) is 0. The summed E-state index contributed by atoms with van der Waals surface area (Å²) in [6.07, 6.45) is 5.16. The van der Waals surface area contributed by atoms with Gasteiger partial charge in [-0.2, -0.15) is 5.10 Å². The molecule has 24 heavy (non-hydrogen) atoms. The average molecular weight is 507 g/mol. The van der Waals surface area contributed by atoms with Crippen molar-refractivity contribution < 1.29 is 28.9 Å². The molecule has 0 fully saturated rings. The summed E-state index contributed by atoms with van der Waals surface area (Å²) in [5.74, 6) is -1.28. The molecule has 0 bridgehead atoms. The van der Waals surface area contributed by atoms with Crippen LogP contribution in [0.25, 0.3) is 17.0 Å². The maximum atomic E-state index is 13.4. The van der Waals surface area contributed by atoms with Crippen LogP contribution in [-0.2, 0) is 26.7 Å². The molecule has 0 aliphatic rings. The molecule has 0 amide bonds. The Morgan fingerprint density at radius 2 is 2.04 bits per heavy atom. The normalized spacial score (nSPS) is 9.67. The zero-order valence-corrected chi connectivity index (χ0v) is 15.4. The number of nitrogens with one attached hydrogen (secondary N) is 1. The van der Waals surface area contributed by atoms with Crippen LogP contribution in [0.4, 0.5) is 8.78 Å². The largest absolute Gasteiger partial charge is 0.676 e. The Kier molecular flexibility index (Phi) is 8.40. The van der Waals surface area contributed by atoms with Gasteiger partial charge in [0, 0.05) is 56.9 Å². The molecule has 1 N–H and O–H groups in total. The third-order valence-electron chi connectivity index (χ3n) is 2.93. The molecule has 2 aromatic heterocycles. The van der Waals surface area contributed by atoms with E-state index >= 15 is 0 Å². The van der Waals surface area contributed by atoms with Crippen LogP contribution in [0.5, 0.6) is 0 Å². The molecular formula is C17H16F2IrN4-2. The summed E-state index contributed by atoms with van der Waals surface area (Å²) >= 11 is 0. The van der Waals surface area contributed by atoms with Gasteiger partial charge in [-0.05, 0) is 24.8 Å². The predicted octanol–water partition coefficient (Wildman–Crippen LogP) is 4.07. The van der Waals surface area contributed by atoms with Gasteiger partial charge in [-0.3, -0.25) is 13.5 Å². The Hall–Kier alpha value is -1.95. The van der Waals surface area contributed by atoms with Gasteiger partial charge in [0.15, 0.2) is 0 Å². The fraction of sp³-hybridized carbons (Fsp3) is 0.176. The Balaban J connectivity index is 0.000000273. The molecule has 3 aromatic rings. The van der Waals surface area contributed by atoms with Crippen molar-refractivity contribution in [3.63, 3.8) is 0 Å². The summed E-state index contributed by atoms with van der Waals surface area (Å²) in [5, 5.41) is 3.90. The zero-order chi connectivity index (χ0) is 16.7. The molecule has 2 heterocycles. The van der Waals surface area contributed by atoms with Crippen LogP contribution in [0.3, 0.4) is 0 Å². The summed E-state index contributed by atoms with van der Waals surface area (Å²) in [4.78, 5) is 4.01. The van der Waals surface area contributed by atoms with Gasteiger partial charge in [-0.15, -0.1) is 18.7 Å². The van der Waals surface area contributed by atoms with E-state index in [1.165, 1.54) is 0 Å². The predicted molar refractivity (Wildman–Crippen MR) is 84.6 cm³/mol. The van der Waals surface area contributed by atoms with Crippen molar-refractivity contribution in [3.8, 4) is 11.3 Å². The number of pyridine rings is 1. The van der Waals surface area contributed by atoms with E-state index in [2.05, 4.69) is 16.1 Å². The van der Waals surface area contributed by atoms with Gasteiger partial charge in [0.2, 0.25) is 0 Å². The molecule has 0 atom stereocenters. The average Bonchev–Trinajstić information content (AvgIpc) is 3.01. The van der Waals surface area contributed by atoms with Crippen molar-refractivity contribution in [2.75, 3.05) is 6.54 Å². The molecule has 129 valence electrons. The molecule has 0 saturated heterocycles. The van der Waals surface area contributed by atoms with Crippen molar-refractivity contribution in [3.05, 3.63) is 77.9 Å². The minimum Gasteiger partial charge on any atom is -0.676 e. The van der Waals surface area contributed by atoms with Crippen LogP contribution in [0, 0.1) is 24.6 Å². The van der Waals surface area contributed by atoms with Gasteiger partial charge in [-0.25, -0.2) is 0 Å². The van der Waals surface area contributed by atoms with Crippen LogP contribution in [0.2, 0.25) is 0 Å². The maximum absolute atomic E-state index is 13.4. The first-order chi connectivity index (χ1) is 11.1. The summed E-state index contributed by atoms with van der Waals surface area (Å²) < 4.78 is 27.8. The van der Waals surface area contributed by atoms with E-state index in [1.807, 2.05) is 25.3 Å². The van der Waals surface area contributed by atoms with Crippen molar-refractivity contribution >= 4 is 0 Å². The van der Waals surface area contributed by atoms with Crippen LogP contribution in [0.15, 0.2) is 48.9 Å². The first kappa shape index (κ1) is 20.1. The van der Waals surface area contributed by atoms with E-state index in [4.69, 9.17) is 5.73 Å². The maximum Gasteiger partial charge on any atom is 0.0489 e. The molecule has 1 radical (unpaired) electrons. The van der Waals surface area contributed by atoms with Crippen LogP contribution >= 0.6 is 0 Å². The Morgan fingerprint density at radius 1 is 1.25 bits per heavy atom. The van der Waals surface area contributed by atoms with Crippen molar-refractivity contribution in [1.29, 1.82) is 0 Å². The fourth-order valence-electron chi connectivity index (χ4n) is 1.86. The number of aryl methyl sites for hydroxylation is 1. The summed E-state index contributed by atoms with van der Waals surface area (Å²) in [6.45, 7) is 2.99. The van der Waals surface area contributed by atoms with E-state index in [1.54, 1.807) is 23.1 Å². The van der Waals surface area contributed by atoms with Crippen LogP contribution in [0.1, 0.15) is 5.56 Å². The van der Waals surface area contributed by atoms with Gasteiger partial charge in [0.25, 0.3) is 0 Å². The van der Waals surface area contributed by atoms with Gasteiger partial charge in [-0.1, -0.05) is 23.3 Å². The van der Waals surface area contributed by atoms with E-state index in [0.717, 1.165) is 17.7 Å². The van der Waals surface area contributed by atoms with Crippen molar-refractivity contribution in [2.45, 2.75) is 13.5 Å². The third kappa shape index (κ3) is 5.92. The molecule has 0 aliphatic carbocycles. The SMILES string of the molecule is Cc1ccnc(-c2[c-]cc(F)cc2F)c1.[Ir].[NH-]CCn1cccn1. The molecule has 0 saturated carbocycles. The van der Waals surface area contributed by atoms with E-state index < -0.39 is 11.6 Å². The Morgan fingerprint density at radius 3 is 2.62 bits per heavy atom. The summed E-state index contributed by atoms with van der Waals surface area (Å²) in [6, 6.07) is 9.86. The molecule has 4 nitrogen and oxygen atoms in total.